The Labute approximate surface area is 126 Å². The summed E-state index contributed by atoms with van der Waals surface area (Å²) in [6.45, 7) is 6.16. The maximum Gasteiger partial charge on any atom is 0.253 e. The van der Waals surface area contributed by atoms with Gasteiger partial charge in [0, 0.05) is 24.2 Å². The van der Waals surface area contributed by atoms with Crippen LogP contribution in [0.1, 0.15) is 49.0 Å². The topological polar surface area (TPSA) is 46.3 Å². The van der Waals surface area contributed by atoms with E-state index in [0.717, 1.165) is 37.9 Å². The van der Waals surface area contributed by atoms with Gasteiger partial charge in [0.15, 0.2) is 0 Å². The summed E-state index contributed by atoms with van der Waals surface area (Å²) in [5.74, 6) is 0.114. The Morgan fingerprint density at radius 2 is 1.80 bits per heavy atom. The molecule has 1 amide bonds. The van der Waals surface area contributed by atoms with E-state index in [9.17, 15) is 4.79 Å². The monoisotopic (exact) mass is 290 g/mol. The van der Waals surface area contributed by atoms with Crippen LogP contribution in [-0.4, -0.2) is 28.9 Å². The zero-order valence-electron chi connectivity index (χ0n) is 12.2. The molecule has 4 heteroatoms. The number of hydrogen-bond donors (Lipinski definition) is 1. The summed E-state index contributed by atoms with van der Waals surface area (Å²) in [6.07, 6.45) is 3.37. The highest BCUT2D eigenvalue weighted by molar-refractivity contribution is 7.80. The molecule has 0 radical (unpaired) electrons. The Kier molecular flexibility index (Phi) is 4.43. The minimum absolute atomic E-state index is 0.114. The predicted molar refractivity (Wildman–Crippen MR) is 85.9 cm³/mol. The summed E-state index contributed by atoms with van der Waals surface area (Å²) < 4.78 is 0. The van der Waals surface area contributed by atoms with E-state index in [1.807, 2.05) is 29.2 Å². The molecule has 2 rings (SSSR count). The quantitative estimate of drug-likeness (QED) is 0.867. The number of benzene rings is 1. The molecule has 0 spiro atoms. The summed E-state index contributed by atoms with van der Waals surface area (Å²) in [6, 6.07) is 7.26. The Morgan fingerprint density at radius 3 is 2.25 bits per heavy atom. The number of likely N-dealkylation sites (tertiary alicyclic amines) is 1. The van der Waals surface area contributed by atoms with Gasteiger partial charge < -0.3 is 10.6 Å². The summed E-state index contributed by atoms with van der Waals surface area (Å²) in [5, 5.41) is 0. The summed E-state index contributed by atoms with van der Waals surface area (Å²) in [5.41, 5.74) is 7.40. The standard InChI is InChI=1S/C16H22N2OS/c1-3-16(4-2)9-10-18(11-16)15(19)13-7-5-12(6-8-13)14(17)20/h5-8H,3-4,9-11H2,1-2H3,(H2,17,20). The van der Waals surface area contributed by atoms with Crippen LogP contribution in [0.3, 0.4) is 0 Å². The number of nitrogens with zero attached hydrogens (tertiary/aromatic N) is 1. The van der Waals surface area contributed by atoms with Crippen LogP contribution in [-0.2, 0) is 0 Å². The van der Waals surface area contributed by atoms with Crippen molar-refractivity contribution in [3.05, 3.63) is 35.4 Å². The molecule has 1 aromatic rings. The molecule has 3 nitrogen and oxygen atoms in total. The lowest BCUT2D eigenvalue weighted by Gasteiger charge is -2.26. The molecular weight excluding hydrogens is 268 g/mol. The Bertz CT molecular complexity index is 506. The molecule has 0 unspecified atom stereocenters. The van der Waals surface area contributed by atoms with Gasteiger partial charge in [0.2, 0.25) is 0 Å². The molecule has 1 aliphatic heterocycles. The number of nitrogens with two attached hydrogens (primary N) is 1. The molecule has 0 atom stereocenters. The van der Waals surface area contributed by atoms with Gasteiger partial charge in [-0.15, -0.1) is 0 Å². The van der Waals surface area contributed by atoms with E-state index in [4.69, 9.17) is 18.0 Å². The average Bonchev–Trinajstić information content (AvgIpc) is 2.92. The second kappa shape index (κ2) is 5.92. The van der Waals surface area contributed by atoms with Gasteiger partial charge in [0.1, 0.15) is 4.99 Å². The zero-order chi connectivity index (χ0) is 14.8. The first kappa shape index (κ1) is 15.0. The molecule has 1 fully saturated rings. The third-order valence-corrected chi connectivity index (χ3v) is 4.88. The lowest BCUT2D eigenvalue weighted by atomic mass is 9.82. The van der Waals surface area contributed by atoms with Crippen LogP contribution >= 0.6 is 12.2 Å². The minimum atomic E-state index is 0.114. The van der Waals surface area contributed by atoms with E-state index in [0.29, 0.717) is 16.0 Å². The van der Waals surface area contributed by atoms with Crippen molar-refractivity contribution < 1.29 is 4.79 Å². The molecule has 0 saturated carbocycles. The number of hydrogen-bond acceptors (Lipinski definition) is 2. The van der Waals surface area contributed by atoms with E-state index in [2.05, 4.69) is 13.8 Å². The van der Waals surface area contributed by atoms with Gasteiger partial charge in [-0.1, -0.05) is 38.2 Å². The highest BCUT2D eigenvalue weighted by atomic mass is 32.1. The summed E-state index contributed by atoms with van der Waals surface area (Å²) in [4.78, 5) is 14.8. The van der Waals surface area contributed by atoms with Crippen LogP contribution in [0.2, 0.25) is 0 Å². The molecule has 0 aliphatic carbocycles. The lowest BCUT2D eigenvalue weighted by Crippen LogP contribution is -2.31. The van der Waals surface area contributed by atoms with E-state index in [1.54, 1.807) is 0 Å². The summed E-state index contributed by atoms with van der Waals surface area (Å²) in [7, 11) is 0. The van der Waals surface area contributed by atoms with Crippen molar-refractivity contribution in [2.75, 3.05) is 13.1 Å². The highest BCUT2D eigenvalue weighted by Crippen LogP contribution is 2.37. The maximum absolute atomic E-state index is 12.5. The highest BCUT2D eigenvalue weighted by Gasteiger charge is 2.37. The molecule has 108 valence electrons. The number of carbonyl (C=O) groups is 1. The van der Waals surface area contributed by atoms with Gasteiger partial charge in [-0.2, -0.15) is 0 Å². The van der Waals surface area contributed by atoms with E-state index >= 15 is 0 Å². The van der Waals surface area contributed by atoms with Crippen LogP contribution in [0.25, 0.3) is 0 Å². The van der Waals surface area contributed by atoms with Crippen molar-refractivity contribution >= 4 is 23.1 Å². The molecule has 2 N–H and O–H groups in total. The maximum atomic E-state index is 12.5. The zero-order valence-corrected chi connectivity index (χ0v) is 13.0. The molecule has 1 aliphatic rings. The SMILES string of the molecule is CCC1(CC)CCN(C(=O)c2ccc(C(N)=S)cc2)C1. The molecule has 1 saturated heterocycles. The van der Waals surface area contributed by atoms with Gasteiger partial charge in [-0.05, 0) is 36.8 Å². The van der Waals surface area contributed by atoms with Crippen LogP contribution in [0.4, 0.5) is 0 Å². The number of carbonyl (C=O) groups excluding carboxylic acids is 1. The number of thiocarbonyl (C=S) groups is 1. The second-order valence-corrected chi connectivity index (χ2v) is 6.07. The van der Waals surface area contributed by atoms with E-state index < -0.39 is 0 Å². The lowest BCUT2D eigenvalue weighted by molar-refractivity contribution is 0.0770. The molecule has 0 aromatic heterocycles. The summed E-state index contributed by atoms with van der Waals surface area (Å²) >= 11 is 4.92. The average molecular weight is 290 g/mol. The number of amides is 1. The van der Waals surface area contributed by atoms with E-state index in [-0.39, 0.29) is 5.91 Å². The second-order valence-electron chi connectivity index (χ2n) is 5.63. The Balaban J connectivity index is 2.11. The van der Waals surface area contributed by atoms with Crippen LogP contribution in [0.5, 0.6) is 0 Å². The fourth-order valence-electron chi connectivity index (χ4n) is 2.90. The first-order chi connectivity index (χ1) is 9.51. The largest absolute Gasteiger partial charge is 0.389 e. The third-order valence-electron chi connectivity index (χ3n) is 4.64. The van der Waals surface area contributed by atoms with Crippen molar-refractivity contribution in [1.82, 2.24) is 4.90 Å². The van der Waals surface area contributed by atoms with Gasteiger partial charge >= 0.3 is 0 Å². The first-order valence-electron chi connectivity index (χ1n) is 7.20. The smallest absolute Gasteiger partial charge is 0.253 e. The molecule has 1 aromatic carbocycles. The third kappa shape index (κ3) is 2.85. The fraction of sp³-hybridized carbons (Fsp3) is 0.500. The molecular formula is C16H22N2OS. The Hall–Kier alpha value is -1.42. The minimum Gasteiger partial charge on any atom is -0.389 e. The first-order valence-corrected chi connectivity index (χ1v) is 7.61. The normalized spacial score (nSPS) is 17.2. The van der Waals surface area contributed by atoms with Gasteiger partial charge in [0.05, 0.1) is 0 Å². The van der Waals surface area contributed by atoms with Crippen molar-refractivity contribution in [3.8, 4) is 0 Å². The van der Waals surface area contributed by atoms with Crippen LogP contribution in [0, 0.1) is 5.41 Å². The van der Waals surface area contributed by atoms with Crippen molar-refractivity contribution in [2.45, 2.75) is 33.1 Å². The van der Waals surface area contributed by atoms with E-state index in [1.165, 1.54) is 0 Å². The molecule has 0 bridgehead atoms. The van der Waals surface area contributed by atoms with Gasteiger partial charge in [0.25, 0.3) is 5.91 Å². The van der Waals surface area contributed by atoms with Gasteiger partial charge in [-0.25, -0.2) is 0 Å². The van der Waals surface area contributed by atoms with Crippen LogP contribution < -0.4 is 5.73 Å². The van der Waals surface area contributed by atoms with Crippen LogP contribution in [0.15, 0.2) is 24.3 Å². The Morgan fingerprint density at radius 1 is 1.25 bits per heavy atom. The van der Waals surface area contributed by atoms with Crippen molar-refractivity contribution in [2.24, 2.45) is 11.1 Å². The van der Waals surface area contributed by atoms with Gasteiger partial charge in [-0.3, -0.25) is 4.79 Å². The molecule has 1 heterocycles. The fourth-order valence-corrected chi connectivity index (χ4v) is 3.03. The van der Waals surface area contributed by atoms with Crippen molar-refractivity contribution in [1.29, 1.82) is 0 Å². The predicted octanol–water partition coefficient (Wildman–Crippen LogP) is 2.97. The number of rotatable bonds is 4. The van der Waals surface area contributed by atoms with Crippen molar-refractivity contribution in [3.63, 3.8) is 0 Å². The molecule has 20 heavy (non-hydrogen) atoms.